The SMILES string of the molecule is C1=C\CC/C=C\CC/1.F[B-](F)(F)F.[Rh].c1ccc([C@@H](C[C@H](c2ccccc2)P(c2ccccc2)c2ccccc2)P(c2ccccc2)c2ccccc2)cc1. The average molecular weight is 863 g/mol. The van der Waals surface area contributed by atoms with Crippen LogP contribution in [0.3, 0.4) is 0 Å². The minimum absolute atomic E-state index is 0. The van der Waals surface area contributed by atoms with Crippen LogP contribution in [0.15, 0.2) is 206 Å². The van der Waals surface area contributed by atoms with Gasteiger partial charge in [-0.3, -0.25) is 0 Å². The van der Waals surface area contributed by atoms with Crippen LogP contribution in [0, 0.1) is 0 Å². The third-order valence-corrected chi connectivity index (χ3v) is 14.6. The fourth-order valence-electron chi connectivity index (χ4n) is 6.57. The minimum Gasteiger partial charge on any atom is -0.418 e. The molecule has 2 atom stereocenters. The zero-order chi connectivity index (χ0) is 37.9. The van der Waals surface area contributed by atoms with Gasteiger partial charge in [-0.1, -0.05) is 206 Å². The van der Waals surface area contributed by atoms with Crippen molar-refractivity contribution in [3.05, 3.63) is 217 Å². The molecule has 0 nitrogen and oxygen atoms in total. The first-order valence-corrected chi connectivity index (χ1v) is 21.3. The van der Waals surface area contributed by atoms with Crippen molar-refractivity contribution < 1.29 is 36.7 Å². The van der Waals surface area contributed by atoms with Gasteiger partial charge in [0.05, 0.1) is 0 Å². The molecule has 1 aliphatic rings. The monoisotopic (exact) mass is 862 g/mol. The summed E-state index contributed by atoms with van der Waals surface area (Å²) in [6.07, 6.45) is 15.1. The number of hydrogen-bond acceptors (Lipinski definition) is 0. The summed E-state index contributed by atoms with van der Waals surface area (Å²) in [5.74, 6) is 0. The van der Waals surface area contributed by atoms with Gasteiger partial charge in [0.15, 0.2) is 0 Å². The Balaban J connectivity index is 0.000000410. The molecular weight excluding hydrogens is 816 g/mol. The van der Waals surface area contributed by atoms with Crippen LogP contribution < -0.4 is 21.2 Å². The molecule has 0 aliphatic heterocycles. The molecule has 0 aromatic heterocycles. The normalized spacial score (nSPS) is 14.7. The van der Waals surface area contributed by atoms with Crippen LogP contribution in [0.5, 0.6) is 0 Å². The maximum absolute atomic E-state index is 9.75. The van der Waals surface area contributed by atoms with E-state index in [-0.39, 0.29) is 19.5 Å². The Hall–Kier alpha value is -3.93. The molecule has 8 heteroatoms. The van der Waals surface area contributed by atoms with Gasteiger partial charge >= 0.3 is 7.25 Å². The van der Waals surface area contributed by atoms with E-state index in [0.717, 1.165) is 6.42 Å². The molecule has 6 aromatic rings. The van der Waals surface area contributed by atoms with Crippen molar-refractivity contribution in [3.63, 3.8) is 0 Å². The summed E-state index contributed by atoms with van der Waals surface area (Å²) >= 11 is 0. The molecule has 0 bridgehead atoms. The third kappa shape index (κ3) is 14.9. The quantitative estimate of drug-likeness (QED) is 0.0557. The Morgan fingerprint density at radius 3 is 0.782 bits per heavy atom. The molecule has 0 amide bonds. The predicted molar refractivity (Wildman–Crippen MR) is 228 cm³/mol. The van der Waals surface area contributed by atoms with Gasteiger partial charge < -0.3 is 17.3 Å². The van der Waals surface area contributed by atoms with E-state index >= 15 is 0 Å². The van der Waals surface area contributed by atoms with Gasteiger partial charge in [-0.05, 0) is 80.3 Å². The molecule has 55 heavy (non-hydrogen) atoms. The van der Waals surface area contributed by atoms with E-state index in [4.69, 9.17) is 0 Å². The van der Waals surface area contributed by atoms with E-state index in [1.165, 1.54) is 58.0 Å². The molecule has 0 spiro atoms. The Morgan fingerprint density at radius 1 is 0.364 bits per heavy atom. The summed E-state index contributed by atoms with van der Waals surface area (Å²) < 4.78 is 39.0. The molecule has 0 N–H and O–H groups in total. The van der Waals surface area contributed by atoms with E-state index < -0.39 is 23.1 Å². The summed E-state index contributed by atoms with van der Waals surface area (Å²) in [7, 11) is -7.33. The van der Waals surface area contributed by atoms with Crippen LogP contribution >= 0.6 is 15.8 Å². The molecule has 6 aromatic carbocycles. The van der Waals surface area contributed by atoms with Crippen LogP contribution in [-0.2, 0) is 19.5 Å². The number of benzene rings is 6. The van der Waals surface area contributed by atoms with Crippen LogP contribution in [0.2, 0.25) is 0 Å². The van der Waals surface area contributed by atoms with Gasteiger partial charge in [-0.25, -0.2) is 0 Å². The molecule has 1 aliphatic carbocycles. The second-order valence-electron chi connectivity index (χ2n) is 12.8. The van der Waals surface area contributed by atoms with Gasteiger partial charge in [0.2, 0.25) is 0 Å². The van der Waals surface area contributed by atoms with Crippen molar-refractivity contribution in [2.24, 2.45) is 0 Å². The van der Waals surface area contributed by atoms with Crippen molar-refractivity contribution in [2.45, 2.75) is 43.4 Å². The standard InChI is InChI=1S/C39H34P2.C8H12.BF4.Rh/c1-7-19-32(20-8-1)38(40(34-23-11-3-12-24-34)35-25-13-4-14-26-35)31-39(33-21-9-2-10-22-33)41(36-27-15-5-16-28-36)37-29-17-6-18-30-37;1-2-4-6-8-7-5-3-1;2-1(3,4)5;/h1-30,38-39H,31H2;1-2,7-8H,3-6H2;;/q;;-1;/b;2-1-,8-7-;;/t38-,39-;;;/m1.../s1. The average Bonchev–Trinajstić information content (AvgIpc) is 3.19. The van der Waals surface area contributed by atoms with Gasteiger partial charge in [0.1, 0.15) is 0 Å². The van der Waals surface area contributed by atoms with Crippen molar-refractivity contribution in [1.29, 1.82) is 0 Å². The molecule has 7 rings (SSSR count). The maximum Gasteiger partial charge on any atom is 0.673 e. The number of halogens is 4. The van der Waals surface area contributed by atoms with Crippen molar-refractivity contribution in [2.75, 3.05) is 0 Å². The van der Waals surface area contributed by atoms with Crippen LogP contribution in [0.25, 0.3) is 0 Å². The second kappa shape index (κ2) is 23.9. The maximum atomic E-state index is 9.75. The summed E-state index contributed by atoms with van der Waals surface area (Å²) in [6, 6.07) is 67.3. The van der Waals surface area contributed by atoms with Crippen molar-refractivity contribution in [1.82, 2.24) is 0 Å². The first-order chi connectivity index (χ1) is 26.4. The van der Waals surface area contributed by atoms with Crippen molar-refractivity contribution in [3.8, 4) is 0 Å². The van der Waals surface area contributed by atoms with Gasteiger partial charge in [-0.2, -0.15) is 0 Å². The summed E-state index contributed by atoms with van der Waals surface area (Å²) in [6.45, 7) is 0. The van der Waals surface area contributed by atoms with Gasteiger partial charge in [0.25, 0.3) is 0 Å². The van der Waals surface area contributed by atoms with Crippen LogP contribution in [0.4, 0.5) is 17.3 Å². The fraction of sp³-hybridized carbons (Fsp3) is 0.149. The smallest absolute Gasteiger partial charge is 0.418 e. The zero-order valence-electron chi connectivity index (χ0n) is 30.6. The van der Waals surface area contributed by atoms with Crippen molar-refractivity contribution >= 4 is 44.3 Å². The molecule has 0 saturated heterocycles. The van der Waals surface area contributed by atoms with E-state index in [1.807, 2.05) is 0 Å². The summed E-state index contributed by atoms with van der Waals surface area (Å²) in [4.78, 5) is 0. The Morgan fingerprint density at radius 2 is 0.564 bits per heavy atom. The zero-order valence-corrected chi connectivity index (χ0v) is 34.1. The van der Waals surface area contributed by atoms with Crippen LogP contribution in [0.1, 0.15) is 54.5 Å². The molecule has 0 heterocycles. The topological polar surface area (TPSA) is 0 Å². The van der Waals surface area contributed by atoms with E-state index in [9.17, 15) is 17.3 Å². The molecular formula is C47H46BF4P2Rh-. The first-order valence-electron chi connectivity index (χ1n) is 18.4. The second-order valence-corrected chi connectivity index (χ2v) is 17.6. The molecule has 0 saturated carbocycles. The molecule has 0 fully saturated rings. The summed E-state index contributed by atoms with van der Waals surface area (Å²) in [5.41, 5.74) is 3.53. The fourth-order valence-corrected chi connectivity index (χ4v) is 12.5. The Kier molecular flexibility index (Phi) is 19.0. The first kappa shape index (κ1) is 43.8. The molecule has 1 radical (unpaired) electrons. The minimum atomic E-state index is -6.00. The van der Waals surface area contributed by atoms with Gasteiger partial charge in [0, 0.05) is 30.8 Å². The molecule has 285 valence electrons. The van der Waals surface area contributed by atoms with Gasteiger partial charge in [-0.15, -0.1) is 0 Å². The molecule has 0 unspecified atom stereocenters. The predicted octanol–water partition coefficient (Wildman–Crippen LogP) is 13.1. The Labute approximate surface area is 340 Å². The largest absolute Gasteiger partial charge is 0.673 e. The number of rotatable bonds is 10. The summed E-state index contributed by atoms with van der Waals surface area (Å²) in [5, 5.41) is 5.72. The van der Waals surface area contributed by atoms with E-state index in [0.29, 0.717) is 11.3 Å². The van der Waals surface area contributed by atoms with E-state index in [1.54, 1.807) is 0 Å². The van der Waals surface area contributed by atoms with E-state index in [2.05, 4.69) is 206 Å². The number of hydrogen-bond donors (Lipinski definition) is 0. The number of allylic oxidation sites excluding steroid dienone is 4. The van der Waals surface area contributed by atoms with Crippen LogP contribution in [-0.4, -0.2) is 7.25 Å². The third-order valence-electron chi connectivity index (χ3n) is 8.91. The Bertz CT molecular complexity index is 1710.